The van der Waals surface area contributed by atoms with Gasteiger partial charge in [-0.05, 0) is 55.2 Å². The summed E-state index contributed by atoms with van der Waals surface area (Å²) in [4.78, 5) is 12.7. The maximum Gasteiger partial charge on any atom is 0.255 e. The second-order valence-corrected chi connectivity index (χ2v) is 7.12. The van der Waals surface area contributed by atoms with Crippen LogP contribution in [0.15, 0.2) is 78.9 Å². The number of hydrogen-bond donors (Lipinski definition) is 1. The van der Waals surface area contributed by atoms with E-state index >= 15 is 0 Å². The molecule has 4 nitrogen and oxygen atoms in total. The van der Waals surface area contributed by atoms with Crippen LogP contribution in [-0.4, -0.2) is 19.1 Å². The van der Waals surface area contributed by atoms with E-state index < -0.39 is 0 Å². The number of aryl methyl sites for hydroxylation is 1. The van der Waals surface area contributed by atoms with Crippen LogP contribution in [0.2, 0.25) is 0 Å². The predicted octanol–water partition coefficient (Wildman–Crippen LogP) is 6.13. The van der Waals surface area contributed by atoms with Crippen LogP contribution in [0.4, 0.5) is 5.69 Å². The Kier molecular flexibility index (Phi) is 8.34. The first kappa shape index (κ1) is 21.4. The van der Waals surface area contributed by atoms with Gasteiger partial charge in [0.25, 0.3) is 5.91 Å². The van der Waals surface area contributed by atoms with Crippen LogP contribution < -0.4 is 14.8 Å². The maximum atomic E-state index is 12.7. The minimum atomic E-state index is -0.184. The second kappa shape index (κ2) is 11.7. The van der Waals surface area contributed by atoms with Gasteiger partial charge >= 0.3 is 0 Å². The average Bonchev–Trinajstić information content (AvgIpc) is 2.79. The zero-order valence-corrected chi connectivity index (χ0v) is 17.5. The van der Waals surface area contributed by atoms with Gasteiger partial charge in [-0.15, -0.1) is 0 Å². The summed E-state index contributed by atoms with van der Waals surface area (Å²) in [7, 11) is 0. The van der Waals surface area contributed by atoms with Crippen LogP contribution in [0.5, 0.6) is 11.5 Å². The van der Waals surface area contributed by atoms with Crippen molar-refractivity contribution in [2.45, 2.75) is 32.6 Å². The van der Waals surface area contributed by atoms with Crippen molar-refractivity contribution in [1.29, 1.82) is 0 Å². The van der Waals surface area contributed by atoms with E-state index in [1.807, 2.05) is 54.6 Å². The third kappa shape index (κ3) is 6.66. The van der Waals surface area contributed by atoms with Gasteiger partial charge in [-0.25, -0.2) is 0 Å². The van der Waals surface area contributed by atoms with Crippen LogP contribution in [0.3, 0.4) is 0 Å². The molecule has 30 heavy (non-hydrogen) atoms. The number of carbonyl (C=O) groups excluding carboxylic acids is 1. The van der Waals surface area contributed by atoms with E-state index in [2.05, 4.69) is 24.4 Å². The van der Waals surface area contributed by atoms with Gasteiger partial charge in [-0.2, -0.15) is 0 Å². The number of anilines is 1. The average molecular weight is 404 g/mol. The van der Waals surface area contributed by atoms with Crippen LogP contribution in [0, 0.1) is 0 Å². The normalized spacial score (nSPS) is 10.4. The first-order chi connectivity index (χ1) is 14.8. The van der Waals surface area contributed by atoms with Gasteiger partial charge in [0.2, 0.25) is 0 Å². The first-order valence-electron chi connectivity index (χ1n) is 10.6. The van der Waals surface area contributed by atoms with E-state index in [0.717, 1.165) is 25.7 Å². The number of hydrogen-bond acceptors (Lipinski definition) is 3. The summed E-state index contributed by atoms with van der Waals surface area (Å²) >= 11 is 0. The van der Waals surface area contributed by atoms with Gasteiger partial charge in [0.1, 0.15) is 11.5 Å². The van der Waals surface area contributed by atoms with Gasteiger partial charge in [0.15, 0.2) is 0 Å². The Balaban J connectivity index is 1.56. The Hall–Kier alpha value is -3.27. The number of benzene rings is 3. The molecule has 0 spiro atoms. The summed E-state index contributed by atoms with van der Waals surface area (Å²) in [6, 6.07) is 25.1. The quantitative estimate of drug-likeness (QED) is 0.392. The van der Waals surface area contributed by atoms with Crippen molar-refractivity contribution >= 4 is 11.6 Å². The fourth-order valence-electron chi connectivity index (χ4n) is 3.05. The number of para-hydroxylation sites is 2. The fraction of sp³-hybridized carbons (Fsp3) is 0.269. The highest BCUT2D eigenvalue weighted by atomic mass is 16.5. The van der Waals surface area contributed by atoms with Crippen LogP contribution >= 0.6 is 0 Å². The zero-order valence-electron chi connectivity index (χ0n) is 17.5. The van der Waals surface area contributed by atoms with E-state index in [-0.39, 0.29) is 5.91 Å². The molecule has 0 aliphatic carbocycles. The maximum absolute atomic E-state index is 12.7. The molecule has 3 aromatic carbocycles. The number of ether oxygens (including phenoxy) is 2. The summed E-state index contributed by atoms with van der Waals surface area (Å²) in [5.41, 5.74) is 2.52. The number of rotatable bonds is 11. The summed E-state index contributed by atoms with van der Waals surface area (Å²) in [5.74, 6) is 1.20. The molecular formula is C26H29NO3. The highest BCUT2D eigenvalue weighted by Gasteiger charge is 2.11. The van der Waals surface area contributed by atoms with Crippen molar-refractivity contribution in [3.05, 3.63) is 90.0 Å². The molecule has 1 N–H and O–H groups in total. The minimum absolute atomic E-state index is 0.184. The van der Waals surface area contributed by atoms with Crippen molar-refractivity contribution in [1.82, 2.24) is 0 Å². The number of amides is 1. The molecule has 4 heteroatoms. The molecular weight excluding hydrogens is 374 g/mol. The van der Waals surface area contributed by atoms with Crippen molar-refractivity contribution in [3.63, 3.8) is 0 Å². The van der Waals surface area contributed by atoms with Crippen LogP contribution in [0.25, 0.3) is 0 Å². The summed E-state index contributed by atoms with van der Waals surface area (Å²) in [6.45, 7) is 3.36. The molecule has 0 aliphatic rings. The number of nitrogens with one attached hydrogen (secondary N) is 1. The minimum Gasteiger partial charge on any atom is -0.494 e. The predicted molar refractivity (Wildman–Crippen MR) is 121 cm³/mol. The van der Waals surface area contributed by atoms with Crippen molar-refractivity contribution in [2.24, 2.45) is 0 Å². The smallest absolute Gasteiger partial charge is 0.255 e. The first-order valence-corrected chi connectivity index (χ1v) is 10.6. The van der Waals surface area contributed by atoms with Crippen molar-refractivity contribution in [2.75, 3.05) is 18.5 Å². The summed E-state index contributed by atoms with van der Waals surface area (Å²) in [6.07, 6.45) is 3.93. The van der Waals surface area contributed by atoms with Gasteiger partial charge in [0, 0.05) is 5.56 Å². The van der Waals surface area contributed by atoms with E-state index in [0.29, 0.717) is 36.0 Å². The SMILES string of the molecule is CCCCOc1cccc(C(=O)Nc2ccccc2OCCCc2ccccc2)c1. The highest BCUT2D eigenvalue weighted by Crippen LogP contribution is 2.25. The second-order valence-electron chi connectivity index (χ2n) is 7.12. The highest BCUT2D eigenvalue weighted by molar-refractivity contribution is 6.05. The molecule has 1 amide bonds. The lowest BCUT2D eigenvalue weighted by atomic mass is 10.1. The van der Waals surface area contributed by atoms with E-state index in [1.54, 1.807) is 12.1 Å². The van der Waals surface area contributed by atoms with Crippen LogP contribution in [-0.2, 0) is 6.42 Å². The van der Waals surface area contributed by atoms with Gasteiger partial charge in [-0.3, -0.25) is 4.79 Å². The van der Waals surface area contributed by atoms with Gasteiger partial charge < -0.3 is 14.8 Å². The Bertz CT molecular complexity index is 924. The van der Waals surface area contributed by atoms with Gasteiger partial charge in [0.05, 0.1) is 18.9 Å². The van der Waals surface area contributed by atoms with Gasteiger partial charge in [-0.1, -0.05) is 61.9 Å². The van der Waals surface area contributed by atoms with E-state index in [9.17, 15) is 4.79 Å². The monoisotopic (exact) mass is 403 g/mol. The molecule has 0 heterocycles. The topological polar surface area (TPSA) is 47.6 Å². The third-order valence-corrected chi connectivity index (χ3v) is 4.71. The van der Waals surface area contributed by atoms with E-state index in [1.165, 1.54) is 5.56 Å². The van der Waals surface area contributed by atoms with E-state index in [4.69, 9.17) is 9.47 Å². The zero-order chi connectivity index (χ0) is 21.0. The molecule has 3 aromatic rings. The molecule has 0 aliphatic heterocycles. The number of unbranched alkanes of at least 4 members (excludes halogenated alkanes) is 1. The molecule has 0 atom stereocenters. The third-order valence-electron chi connectivity index (χ3n) is 4.71. The fourth-order valence-corrected chi connectivity index (χ4v) is 3.05. The largest absolute Gasteiger partial charge is 0.494 e. The van der Waals surface area contributed by atoms with Crippen LogP contribution in [0.1, 0.15) is 42.1 Å². The Morgan fingerprint density at radius 1 is 0.833 bits per heavy atom. The lowest BCUT2D eigenvalue weighted by molar-refractivity contribution is 0.102. The lowest BCUT2D eigenvalue weighted by Gasteiger charge is -2.13. The van der Waals surface area contributed by atoms with Crippen molar-refractivity contribution < 1.29 is 14.3 Å². The molecule has 0 fully saturated rings. The Morgan fingerprint density at radius 2 is 1.60 bits per heavy atom. The molecule has 0 saturated carbocycles. The Labute approximate surface area is 178 Å². The lowest BCUT2D eigenvalue weighted by Crippen LogP contribution is -2.13. The molecule has 156 valence electrons. The Morgan fingerprint density at radius 3 is 2.43 bits per heavy atom. The standard InChI is InChI=1S/C26H29NO3/c1-2-3-18-29-23-15-9-14-22(20-23)26(28)27-24-16-7-8-17-25(24)30-19-10-13-21-11-5-4-6-12-21/h4-9,11-12,14-17,20H,2-3,10,13,18-19H2,1H3,(H,27,28). The molecule has 0 bridgehead atoms. The molecule has 0 unspecified atom stereocenters. The van der Waals surface area contributed by atoms with Crippen molar-refractivity contribution in [3.8, 4) is 11.5 Å². The molecule has 0 aromatic heterocycles. The molecule has 3 rings (SSSR count). The number of carbonyl (C=O) groups is 1. The summed E-state index contributed by atoms with van der Waals surface area (Å²) in [5, 5.41) is 2.96. The summed E-state index contributed by atoms with van der Waals surface area (Å²) < 4.78 is 11.7. The molecule has 0 radical (unpaired) electrons. The molecule has 0 saturated heterocycles.